The Balaban J connectivity index is 2.17. The predicted octanol–water partition coefficient (Wildman–Crippen LogP) is 2.20. The number of hydrogen-bond donors (Lipinski definition) is 1. The van der Waals surface area contributed by atoms with Crippen molar-refractivity contribution >= 4 is 23.3 Å². The SMILES string of the molecule is CCn1cccc1C(=O)Nc1ccnc(Cl)n1. The Hall–Kier alpha value is -1.88. The van der Waals surface area contributed by atoms with Crippen LogP contribution in [0.2, 0.25) is 5.28 Å². The molecule has 88 valence electrons. The zero-order valence-electron chi connectivity index (χ0n) is 9.22. The molecule has 0 aliphatic heterocycles. The summed E-state index contributed by atoms with van der Waals surface area (Å²) in [6.07, 6.45) is 3.34. The van der Waals surface area contributed by atoms with Crippen molar-refractivity contribution in [3.8, 4) is 0 Å². The van der Waals surface area contributed by atoms with Crippen LogP contribution in [0.5, 0.6) is 0 Å². The number of aryl methyl sites for hydroxylation is 1. The van der Waals surface area contributed by atoms with Gasteiger partial charge in [-0.15, -0.1) is 0 Å². The van der Waals surface area contributed by atoms with Gasteiger partial charge in [0, 0.05) is 18.9 Å². The molecule has 17 heavy (non-hydrogen) atoms. The van der Waals surface area contributed by atoms with Gasteiger partial charge in [-0.05, 0) is 36.7 Å². The summed E-state index contributed by atoms with van der Waals surface area (Å²) in [7, 11) is 0. The lowest BCUT2D eigenvalue weighted by Gasteiger charge is -2.06. The first-order valence-corrected chi connectivity index (χ1v) is 5.53. The molecule has 0 atom stereocenters. The van der Waals surface area contributed by atoms with Crippen LogP contribution in [0.3, 0.4) is 0 Å². The molecule has 0 spiro atoms. The Morgan fingerprint density at radius 1 is 1.53 bits per heavy atom. The van der Waals surface area contributed by atoms with Crippen molar-refractivity contribution in [3.05, 3.63) is 41.6 Å². The first-order chi connectivity index (χ1) is 8.20. The fourth-order valence-corrected chi connectivity index (χ4v) is 1.63. The lowest BCUT2D eigenvalue weighted by molar-refractivity contribution is 0.101. The third kappa shape index (κ3) is 2.62. The number of halogens is 1. The van der Waals surface area contributed by atoms with Gasteiger partial charge >= 0.3 is 0 Å². The van der Waals surface area contributed by atoms with E-state index in [9.17, 15) is 4.79 Å². The van der Waals surface area contributed by atoms with Crippen molar-refractivity contribution in [2.45, 2.75) is 13.5 Å². The molecule has 2 aromatic rings. The number of aromatic nitrogens is 3. The van der Waals surface area contributed by atoms with Gasteiger partial charge in [0.25, 0.3) is 5.91 Å². The summed E-state index contributed by atoms with van der Waals surface area (Å²) < 4.78 is 1.85. The van der Waals surface area contributed by atoms with Crippen LogP contribution in [-0.2, 0) is 6.54 Å². The molecule has 0 aliphatic carbocycles. The molecule has 0 bridgehead atoms. The summed E-state index contributed by atoms with van der Waals surface area (Å²) in [4.78, 5) is 19.6. The number of nitrogens with one attached hydrogen (secondary N) is 1. The number of anilines is 1. The Morgan fingerprint density at radius 3 is 3.06 bits per heavy atom. The van der Waals surface area contributed by atoms with Crippen molar-refractivity contribution < 1.29 is 4.79 Å². The number of carbonyl (C=O) groups excluding carboxylic acids is 1. The number of nitrogens with zero attached hydrogens (tertiary/aromatic N) is 3. The maximum Gasteiger partial charge on any atom is 0.273 e. The molecule has 5 nitrogen and oxygen atoms in total. The summed E-state index contributed by atoms with van der Waals surface area (Å²) in [6.45, 7) is 2.71. The lowest BCUT2D eigenvalue weighted by Crippen LogP contribution is -2.17. The Kier molecular flexibility index (Phi) is 3.39. The second kappa shape index (κ2) is 4.97. The predicted molar refractivity (Wildman–Crippen MR) is 65.1 cm³/mol. The molecule has 2 rings (SSSR count). The van der Waals surface area contributed by atoms with Gasteiger partial charge in [-0.2, -0.15) is 0 Å². The van der Waals surface area contributed by atoms with Crippen LogP contribution in [-0.4, -0.2) is 20.4 Å². The molecule has 0 aromatic carbocycles. The Bertz CT molecular complexity index is 538. The Morgan fingerprint density at radius 2 is 2.35 bits per heavy atom. The highest BCUT2D eigenvalue weighted by Crippen LogP contribution is 2.09. The highest BCUT2D eigenvalue weighted by atomic mass is 35.5. The minimum atomic E-state index is -0.216. The number of hydrogen-bond acceptors (Lipinski definition) is 3. The van der Waals surface area contributed by atoms with Gasteiger partial charge in [-0.25, -0.2) is 9.97 Å². The summed E-state index contributed by atoms with van der Waals surface area (Å²) in [5.41, 5.74) is 0.585. The standard InChI is InChI=1S/C11H11ClN4O/c1-2-16-7-3-4-8(16)10(17)14-9-5-6-13-11(12)15-9/h3-7H,2H2,1H3,(H,13,14,15,17). The summed E-state index contributed by atoms with van der Waals surface area (Å²) in [5.74, 6) is 0.172. The third-order valence-corrected chi connectivity index (χ3v) is 2.45. The summed E-state index contributed by atoms with van der Waals surface area (Å²) in [5, 5.41) is 2.77. The highest BCUT2D eigenvalue weighted by molar-refractivity contribution is 6.28. The molecule has 0 saturated carbocycles. The van der Waals surface area contributed by atoms with E-state index in [2.05, 4.69) is 15.3 Å². The number of amides is 1. The van der Waals surface area contributed by atoms with E-state index in [1.54, 1.807) is 12.1 Å². The molecule has 0 aliphatic rings. The van der Waals surface area contributed by atoms with E-state index in [0.29, 0.717) is 11.5 Å². The highest BCUT2D eigenvalue weighted by Gasteiger charge is 2.10. The first kappa shape index (κ1) is 11.6. The van der Waals surface area contributed by atoms with Crippen molar-refractivity contribution in [2.75, 3.05) is 5.32 Å². The largest absolute Gasteiger partial charge is 0.344 e. The van der Waals surface area contributed by atoms with E-state index < -0.39 is 0 Å². The van der Waals surface area contributed by atoms with Gasteiger partial charge < -0.3 is 9.88 Å². The van der Waals surface area contributed by atoms with Crippen molar-refractivity contribution in [1.82, 2.24) is 14.5 Å². The molecule has 0 fully saturated rings. The first-order valence-electron chi connectivity index (χ1n) is 5.15. The minimum absolute atomic E-state index is 0.105. The maximum atomic E-state index is 11.9. The van der Waals surface area contributed by atoms with Crippen molar-refractivity contribution in [1.29, 1.82) is 0 Å². The molecule has 2 heterocycles. The molecule has 0 radical (unpaired) electrons. The quantitative estimate of drug-likeness (QED) is 0.850. The third-order valence-electron chi connectivity index (χ3n) is 2.27. The smallest absolute Gasteiger partial charge is 0.273 e. The van der Waals surface area contributed by atoms with Crippen LogP contribution in [0, 0.1) is 0 Å². The fraction of sp³-hybridized carbons (Fsp3) is 0.182. The minimum Gasteiger partial charge on any atom is -0.344 e. The van der Waals surface area contributed by atoms with Crippen molar-refractivity contribution in [3.63, 3.8) is 0 Å². The van der Waals surface area contributed by atoms with E-state index in [0.717, 1.165) is 6.54 Å². The van der Waals surface area contributed by atoms with Gasteiger partial charge in [0.2, 0.25) is 5.28 Å². The van der Waals surface area contributed by atoms with Crippen LogP contribution in [0.4, 0.5) is 5.82 Å². The normalized spacial score (nSPS) is 10.2. The van der Waals surface area contributed by atoms with Crippen LogP contribution in [0.25, 0.3) is 0 Å². The van der Waals surface area contributed by atoms with E-state index in [-0.39, 0.29) is 11.2 Å². The summed E-state index contributed by atoms with van der Waals surface area (Å²) in [6, 6.07) is 5.16. The molecule has 2 aromatic heterocycles. The molecule has 6 heteroatoms. The summed E-state index contributed by atoms with van der Waals surface area (Å²) >= 11 is 5.63. The lowest BCUT2D eigenvalue weighted by atomic mass is 10.4. The van der Waals surface area contributed by atoms with Crippen LogP contribution in [0.1, 0.15) is 17.4 Å². The van der Waals surface area contributed by atoms with Gasteiger partial charge in [0.1, 0.15) is 11.5 Å². The van der Waals surface area contributed by atoms with E-state index in [1.165, 1.54) is 6.20 Å². The molecule has 0 saturated heterocycles. The second-order valence-electron chi connectivity index (χ2n) is 3.34. The fourth-order valence-electron chi connectivity index (χ4n) is 1.48. The van der Waals surface area contributed by atoms with Crippen LogP contribution >= 0.6 is 11.6 Å². The van der Waals surface area contributed by atoms with Gasteiger partial charge in [-0.1, -0.05) is 0 Å². The maximum absolute atomic E-state index is 11.9. The van der Waals surface area contributed by atoms with E-state index in [1.807, 2.05) is 23.8 Å². The molecule has 0 unspecified atom stereocenters. The van der Waals surface area contributed by atoms with E-state index in [4.69, 9.17) is 11.6 Å². The zero-order chi connectivity index (χ0) is 12.3. The zero-order valence-corrected chi connectivity index (χ0v) is 9.98. The average molecular weight is 251 g/mol. The molecular weight excluding hydrogens is 240 g/mol. The van der Waals surface area contributed by atoms with Gasteiger partial charge in [0.05, 0.1) is 0 Å². The number of carbonyl (C=O) groups is 1. The van der Waals surface area contributed by atoms with Gasteiger partial charge in [-0.3, -0.25) is 4.79 Å². The van der Waals surface area contributed by atoms with Crippen LogP contribution in [0.15, 0.2) is 30.6 Å². The van der Waals surface area contributed by atoms with Crippen molar-refractivity contribution in [2.24, 2.45) is 0 Å². The van der Waals surface area contributed by atoms with E-state index >= 15 is 0 Å². The van der Waals surface area contributed by atoms with Gasteiger partial charge in [0.15, 0.2) is 0 Å². The number of rotatable bonds is 3. The Labute approximate surface area is 103 Å². The molecule has 1 amide bonds. The monoisotopic (exact) mass is 250 g/mol. The molecule has 1 N–H and O–H groups in total. The second-order valence-corrected chi connectivity index (χ2v) is 3.68. The average Bonchev–Trinajstić information content (AvgIpc) is 2.77. The topological polar surface area (TPSA) is 59.8 Å². The molecular formula is C11H11ClN4O. The van der Waals surface area contributed by atoms with Crippen LogP contribution < -0.4 is 5.32 Å².